The molecule has 1 aromatic heterocycles. The Kier molecular flexibility index (Phi) is 4.13. The van der Waals surface area contributed by atoms with Gasteiger partial charge in [0, 0.05) is 31.1 Å². The van der Waals surface area contributed by atoms with Crippen molar-refractivity contribution in [1.29, 1.82) is 0 Å². The van der Waals surface area contributed by atoms with Crippen molar-refractivity contribution in [3.63, 3.8) is 0 Å². The Labute approximate surface area is 170 Å². The summed E-state index contributed by atoms with van der Waals surface area (Å²) in [6.07, 6.45) is 2.17. The molecule has 2 fully saturated rings. The average molecular weight is 399 g/mol. The third-order valence-electron chi connectivity index (χ3n) is 8.11. The minimum atomic E-state index is -0.593. The van der Waals surface area contributed by atoms with E-state index in [9.17, 15) is 8.78 Å². The van der Waals surface area contributed by atoms with E-state index in [1.807, 2.05) is 6.07 Å². The number of nitrogens with zero attached hydrogens (tertiary/aromatic N) is 4. The molecule has 1 saturated heterocycles. The topological polar surface area (TPSA) is 32.3 Å². The summed E-state index contributed by atoms with van der Waals surface area (Å²) in [7, 11) is 4.39. The van der Waals surface area contributed by atoms with Gasteiger partial charge in [0.25, 0.3) is 0 Å². The molecule has 4 nitrogen and oxygen atoms in total. The van der Waals surface area contributed by atoms with Gasteiger partial charge in [0.1, 0.15) is 11.6 Å². The van der Waals surface area contributed by atoms with Crippen molar-refractivity contribution in [2.24, 2.45) is 5.41 Å². The first kappa shape index (κ1) is 19.1. The summed E-state index contributed by atoms with van der Waals surface area (Å²) in [4.78, 5) is 4.88. The minimum absolute atomic E-state index is 0.0213. The molecule has 0 N–H and O–H groups in total. The van der Waals surface area contributed by atoms with Crippen molar-refractivity contribution in [1.82, 2.24) is 20.0 Å². The zero-order chi connectivity index (χ0) is 20.6. The van der Waals surface area contributed by atoms with E-state index in [0.29, 0.717) is 17.7 Å². The Hall–Kier alpha value is -1.92. The first-order valence-electron chi connectivity index (χ1n) is 10.5. The Bertz CT molecular complexity index is 955. The van der Waals surface area contributed by atoms with Crippen LogP contribution in [0, 0.1) is 17.0 Å². The molecule has 3 aliphatic rings. The lowest BCUT2D eigenvalue weighted by Gasteiger charge is -2.51. The molecular weight excluding hydrogens is 370 g/mol. The van der Waals surface area contributed by atoms with Gasteiger partial charge in [0.2, 0.25) is 0 Å². The van der Waals surface area contributed by atoms with E-state index in [0.717, 1.165) is 43.7 Å². The molecule has 1 aromatic carbocycles. The minimum Gasteiger partial charge on any atom is -0.304 e. The molecule has 3 atom stereocenters. The maximum absolute atomic E-state index is 14.4. The van der Waals surface area contributed by atoms with Crippen molar-refractivity contribution in [3.05, 3.63) is 47.2 Å². The van der Waals surface area contributed by atoms with Crippen molar-refractivity contribution in [2.45, 2.75) is 44.1 Å². The summed E-state index contributed by atoms with van der Waals surface area (Å²) in [5.41, 5.74) is 2.34. The zero-order valence-corrected chi connectivity index (χ0v) is 17.5. The summed E-state index contributed by atoms with van der Waals surface area (Å²) in [6, 6.07) is 6.19. The fourth-order valence-corrected chi connectivity index (χ4v) is 6.51. The molecule has 2 aromatic rings. The number of likely N-dealkylation sites (N-methyl/N-ethyl adjacent to an activating group) is 2. The number of piperazine rings is 1. The SMILES string of the molecule is CN1CCN(C)[C@H]([C@@]23CC[C@@H](c4cc(-c5c(F)cccc5F)nnc42)C3(C)C)C1. The molecule has 5 rings (SSSR count). The highest BCUT2D eigenvalue weighted by Crippen LogP contribution is 2.69. The third-order valence-corrected chi connectivity index (χ3v) is 8.11. The molecule has 0 unspecified atom stereocenters. The van der Waals surface area contributed by atoms with Crippen molar-refractivity contribution >= 4 is 0 Å². The number of halogens is 2. The molecule has 6 heteroatoms. The van der Waals surface area contributed by atoms with Crippen molar-refractivity contribution < 1.29 is 8.78 Å². The van der Waals surface area contributed by atoms with Crippen LogP contribution in [0.5, 0.6) is 0 Å². The molecule has 0 spiro atoms. The summed E-state index contributed by atoms with van der Waals surface area (Å²) in [5.74, 6) is -0.850. The van der Waals surface area contributed by atoms with Gasteiger partial charge in [0.15, 0.2) is 0 Å². The molecule has 0 radical (unpaired) electrons. The number of aromatic nitrogens is 2. The van der Waals surface area contributed by atoms with Gasteiger partial charge in [-0.1, -0.05) is 19.9 Å². The maximum Gasteiger partial charge on any atom is 0.135 e. The van der Waals surface area contributed by atoms with Crippen LogP contribution in [0.25, 0.3) is 11.3 Å². The Morgan fingerprint density at radius 3 is 2.52 bits per heavy atom. The highest BCUT2D eigenvalue weighted by molar-refractivity contribution is 5.63. The van der Waals surface area contributed by atoms with Gasteiger partial charge in [-0.05, 0) is 62.0 Å². The second kappa shape index (κ2) is 6.29. The molecule has 29 heavy (non-hydrogen) atoms. The van der Waals surface area contributed by atoms with E-state index in [2.05, 4.69) is 47.9 Å². The first-order chi connectivity index (χ1) is 13.8. The summed E-state index contributed by atoms with van der Waals surface area (Å²) in [6.45, 7) is 7.79. The average Bonchev–Trinajstić information content (AvgIpc) is 3.05. The lowest BCUT2D eigenvalue weighted by atomic mass is 9.63. The van der Waals surface area contributed by atoms with E-state index in [4.69, 9.17) is 0 Å². The lowest BCUT2D eigenvalue weighted by molar-refractivity contribution is 0.0162. The van der Waals surface area contributed by atoms with Gasteiger partial charge in [-0.15, -0.1) is 0 Å². The monoisotopic (exact) mass is 398 g/mol. The predicted molar refractivity (Wildman–Crippen MR) is 109 cm³/mol. The second-order valence-electron chi connectivity index (χ2n) is 9.67. The van der Waals surface area contributed by atoms with Crippen LogP contribution in [-0.2, 0) is 5.41 Å². The molecule has 2 heterocycles. The molecule has 0 amide bonds. The van der Waals surface area contributed by atoms with Gasteiger partial charge in [-0.3, -0.25) is 4.90 Å². The Morgan fingerprint density at radius 2 is 1.79 bits per heavy atom. The van der Waals surface area contributed by atoms with Gasteiger partial charge in [-0.2, -0.15) is 10.2 Å². The largest absolute Gasteiger partial charge is 0.304 e. The van der Waals surface area contributed by atoms with Crippen molar-refractivity contribution in [2.75, 3.05) is 33.7 Å². The second-order valence-corrected chi connectivity index (χ2v) is 9.67. The highest BCUT2D eigenvalue weighted by atomic mass is 19.1. The van der Waals surface area contributed by atoms with E-state index >= 15 is 0 Å². The van der Waals surface area contributed by atoms with Gasteiger partial charge < -0.3 is 4.90 Å². The summed E-state index contributed by atoms with van der Waals surface area (Å²) >= 11 is 0. The molecular formula is C23H28F2N4. The van der Waals surface area contributed by atoms with Gasteiger partial charge in [0.05, 0.1) is 17.0 Å². The van der Waals surface area contributed by atoms with Crippen LogP contribution in [0.1, 0.15) is 43.9 Å². The van der Waals surface area contributed by atoms with E-state index in [1.54, 1.807) is 0 Å². The number of hydrogen-bond acceptors (Lipinski definition) is 4. The third kappa shape index (κ3) is 2.42. The van der Waals surface area contributed by atoms with Crippen LogP contribution in [0.4, 0.5) is 8.78 Å². The fraction of sp³-hybridized carbons (Fsp3) is 0.565. The maximum atomic E-state index is 14.4. The normalized spacial score (nSPS) is 31.2. The number of benzene rings is 1. The number of rotatable bonds is 2. The van der Waals surface area contributed by atoms with E-state index in [1.165, 1.54) is 18.2 Å². The smallest absolute Gasteiger partial charge is 0.135 e. The van der Waals surface area contributed by atoms with Gasteiger partial charge in [-0.25, -0.2) is 8.78 Å². The number of hydrogen-bond donors (Lipinski definition) is 0. The zero-order valence-electron chi connectivity index (χ0n) is 17.5. The van der Waals surface area contributed by atoms with Crippen LogP contribution < -0.4 is 0 Å². The van der Waals surface area contributed by atoms with Gasteiger partial charge >= 0.3 is 0 Å². The number of fused-ring (bicyclic) bond motifs is 5. The highest BCUT2D eigenvalue weighted by Gasteiger charge is 2.67. The van der Waals surface area contributed by atoms with Crippen LogP contribution >= 0.6 is 0 Å². The van der Waals surface area contributed by atoms with Crippen molar-refractivity contribution in [3.8, 4) is 11.3 Å². The van der Waals surface area contributed by atoms with E-state index < -0.39 is 11.6 Å². The molecule has 154 valence electrons. The predicted octanol–water partition coefficient (Wildman–Crippen LogP) is 3.82. The fourth-order valence-electron chi connectivity index (χ4n) is 6.51. The summed E-state index contributed by atoms with van der Waals surface area (Å²) in [5, 5.41) is 9.02. The molecule has 1 saturated carbocycles. The van der Waals surface area contributed by atoms with Crippen LogP contribution in [0.3, 0.4) is 0 Å². The first-order valence-corrected chi connectivity index (χ1v) is 10.5. The Morgan fingerprint density at radius 1 is 1.07 bits per heavy atom. The molecule has 1 aliphatic heterocycles. The van der Waals surface area contributed by atoms with Crippen LogP contribution in [0.15, 0.2) is 24.3 Å². The summed E-state index contributed by atoms with van der Waals surface area (Å²) < 4.78 is 28.7. The lowest BCUT2D eigenvalue weighted by Crippen LogP contribution is -2.62. The van der Waals surface area contributed by atoms with Crippen LogP contribution in [0.2, 0.25) is 0 Å². The quantitative estimate of drug-likeness (QED) is 0.770. The van der Waals surface area contributed by atoms with Crippen LogP contribution in [-0.4, -0.2) is 59.8 Å². The molecule has 2 aliphatic carbocycles. The van der Waals surface area contributed by atoms with E-state index in [-0.39, 0.29) is 16.4 Å². The standard InChI is InChI=1S/C23H28F2N4/c1-22(2)15-8-9-23(22,19-13-28(3)10-11-29(19)4)21-14(15)12-18(26-27-21)20-16(24)6-5-7-17(20)25/h5-7,12,15,19H,8-11,13H2,1-4H3/t15-,19-,23-/m0/s1. The molecule has 2 bridgehead atoms. The Balaban J connectivity index is 1.67.